The molecule has 1 aromatic rings. The minimum absolute atomic E-state index is 0.0968. The van der Waals surface area contributed by atoms with Gasteiger partial charge in [-0.1, -0.05) is 52.0 Å². The Morgan fingerprint density at radius 2 is 1.78 bits per heavy atom. The standard InChI is InChI=1S/C15H23NO2/c1-5-12(14(17)18)13(16)10-6-8-11(9-7-10)15(2,3)4/h6-9,12-13H,5,16H2,1-4H3,(H,17,18). The lowest BCUT2D eigenvalue weighted by atomic mass is 9.85. The second-order valence-corrected chi connectivity index (χ2v) is 5.75. The van der Waals surface area contributed by atoms with Gasteiger partial charge in [-0.05, 0) is 23.0 Å². The summed E-state index contributed by atoms with van der Waals surface area (Å²) in [6.45, 7) is 8.29. The summed E-state index contributed by atoms with van der Waals surface area (Å²) in [5.41, 5.74) is 8.24. The maximum atomic E-state index is 11.1. The Hall–Kier alpha value is -1.35. The van der Waals surface area contributed by atoms with Crippen molar-refractivity contribution in [1.29, 1.82) is 0 Å². The minimum atomic E-state index is -0.829. The van der Waals surface area contributed by atoms with Gasteiger partial charge in [-0.2, -0.15) is 0 Å². The summed E-state index contributed by atoms with van der Waals surface area (Å²) in [5, 5.41) is 9.11. The molecule has 2 unspecified atom stereocenters. The molecule has 0 spiro atoms. The van der Waals surface area contributed by atoms with Gasteiger partial charge in [0.15, 0.2) is 0 Å². The molecular weight excluding hydrogens is 226 g/mol. The highest BCUT2D eigenvalue weighted by molar-refractivity contribution is 5.71. The van der Waals surface area contributed by atoms with Crippen LogP contribution in [0.25, 0.3) is 0 Å². The first-order chi connectivity index (χ1) is 8.27. The highest BCUT2D eigenvalue weighted by Gasteiger charge is 2.24. The van der Waals surface area contributed by atoms with Gasteiger partial charge in [0.2, 0.25) is 0 Å². The van der Waals surface area contributed by atoms with Crippen molar-refractivity contribution >= 4 is 5.97 Å². The number of hydrogen-bond acceptors (Lipinski definition) is 2. The normalized spacial score (nSPS) is 15.2. The summed E-state index contributed by atoms with van der Waals surface area (Å²) >= 11 is 0. The van der Waals surface area contributed by atoms with Crippen molar-refractivity contribution < 1.29 is 9.90 Å². The molecule has 0 saturated carbocycles. The lowest BCUT2D eigenvalue weighted by molar-refractivity contribution is -0.142. The number of benzene rings is 1. The molecule has 0 radical (unpaired) electrons. The van der Waals surface area contributed by atoms with Gasteiger partial charge < -0.3 is 10.8 Å². The lowest BCUT2D eigenvalue weighted by Gasteiger charge is -2.22. The molecule has 0 aliphatic rings. The highest BCUT2D eigenvalue weighted by atomic mass is 16.4. The predicted molar refractivity (Wildman–Crippen MR) is 73.5 cm³/mol. The van der Waals surface area contributed by atoms with E-state index in [0.29, 0.717) is 6.42 Å². The second-order valence-electron chi connectivity index (χ2n) is 5.75. The first-order valence-corrected chi connectivity index (χ1v) is 6.36. The molecule has 100 valence electrons. The van der Waals surface area contributed by atoms with E-state index >= 15 is 0 Å². The summed E-state index contributed by atoms with van der Waals surface area (Å²) in [4.78, 5) is 11.1. The molecule has 1 rings (SSSR count). The van der Waals surface area contributed by atoms with Crippen LogP contribution in [0.15, 0.2) is 24.3 Å². The number of hydrogen-bond donors (Lipinski definition) is 2. The van der Waals surface area contributed by atoms with Crippen LogP contribution < -0.4 is 5.73 Å². The van der Waals surface area contributed by atoms with Crippen molar-refractivity contribution in [1.82, 2.24) is 0 Å². The Labute approximate surface area is 109 Å². The van der Waals surface area contributed by atoms with E-state index < -0.39 is 17.9 Å². The third-order valence-electron chi connectivity index (χ3n) is 3.35. The van der Waals surface area contributed by atoms with Crippen LogP contribution in [0.1, 0.15) is 51.3 Å². The molecule has 0 bridgehead atoms. The molecule has 0 fully saturated rings. The third kappa shape index (κ3) is 3.33. The Balaban J connectivity index is 2.94. The number of carboxylic acids is 1. The third-order valence-corrected chi connectivity index (χ3v) is 3.35. The Bertz CT molecular complexity index is 403. The maximum absolute atomic E-state index is 11.1. The number of carbonyl (C=O) groups is 1. The number of nitrogens with two attached hydrogens (primary N) is 1. The smallest absolute Gasteiger partial charge is 0.308 e. The SMILES string of the molecule is CCC(C(=O)O)C(N)c1ccc(C(C)(C)C)cc1. The van der Waals surface area contributed by atoms with Crippen LogP contribution in [0.4, 0.5) is 0 Å². The molecule has 3 nitrogen and oxygen atoms in total. The zero-order valence-electron chi connectivity index (χ0n) is 11.6. The van der Waals surface area contributed by atoms with Crippen LogP contribution >= 0.6 is 0 Å². The topological polar surface area (TPSA) is 63.3 Å². The summed E-state index contributed by atoms with van der Waals surface area (Å²) < 4.78 is 0. The molecule has 0 aliphatic heterocycles. The van der Waals surface area contributed by atoms with E-state index in [0.717, 1.165) is 5.56 Å². The Morgan fingerprint density at radius 3 is 2.11 bits per heavy atom. The first-order valence-electron chi connectivity index (χ1n) is 6.36. The van der Waals surface area contributed by atoms with Gasteiger partial charge in [0.25, 0.3) is 0 Å². The van der Waals surface area contributed by atoms with Crippen molar-refractivity contribution in [3.05, 3.63) is 35.4 Å². The van der Waals surface area contributed by atoms with Gasteiger partial charge >= 0.3 is 5.97 Å². The Kier molecular flexibility index (Phi) is 4.52. The number of carboxylic acid groups (broad SMARTS) is 1. The minimum Gasteiger partial charge on any atom is -0.481 e. The number of aliphatic carboxylic acids is 1. The van der Waals surface area contributed by atoms with Gasteiger partial charge in [-0.15, -0.1) is 0 Å². The molecule has 0 saturated heterocycles. The first kappa shape index (κ1) is 14.7. The molecule has 1 aromatic carbocycles. The van der Waals surface area contributed by atoms with Gasteiger partial charge in [-0.3, -0.25) is 4.79 Å². The van der Waals surface area contributed by atoms with Crippen molar-refractivity contribution in [2.45, 2.75) is 45.6 Å². The average molecular weight is 249 g/mol. The van der Waals surface area contributed by atoms with Gasteiger partial charge in [0, 0.05) is 6.04 Å². The van der Waals surface area contributed by atoms with Crippen LogP contribution in [0.3, 0.4) is 0 Å². The van der Waals surface area contributed by atoms with Crippen LogP contribution in [0, 0.1) is 5.92 Å². The van der Waals surface area contributed by atoms with E-state index in [1.807, 2.05) is 31.2 Å². The van der Waals surface area contributed by atoms with Gasteiger partial charge in [0.05, 0.1) is 5.92 Å². The predicted octanol–water partition coefficient (Wildman–Crippen LogP) is 3.09. The van der Waals surface area contributed by atoms with E-state index in [1.165, 1.54) is 5.56 Å². The van der Waals surface area contributed by atoms with Crippen molar-refractivity contribution in [3.8, 4) is 0 Å². The zero-order chi connectivity index (χ0) is 13.9. The van der Waals surface area contributed by atoms with Gasteiger partial charge in [-0.25, -0.2) is 0 Å². The second kappa shape index (κ2) is 5.53. The molecule has 0 aromatic heterocycles. The van der Waals surface area contributed by atoms with Crippen molar-refractivity contribution in [2.75, 3.05) is 0 Å². The van der Waals surface area contributed by atoms with Gasteiger partial charge in [0.1, 0.15) is 0 Å². The van der Waals surface area contributed by atoms with E-state index in [1.54, 1.807) is 0 Å². The fraction of sp³-hybridized carbons (Fsp3) is 0.533. The molecule has 0 aliphatic carbocycles. The fourth-order valence-corrected chi connectivity index (χ4v) is 2.02. The fourth-order valence-electron chi connectivity index (χ4n) is 2.02. The summed E-state index contributed by atoms with van der Waals surface area (Å²) in [5.74, 6) is -1.35. The molecular formula is C15H23NO2. The van der Waals surface area contributed by atoms with E-state index in [-0.39, 0.29) is 5.41 Å². The van der Waals surface area contributed by atoms with Crippen molar-refractivity contribution in [3.63, 3.8) is 0 Å². The van der Waals surface area contributed by atoms with Crippen LogP contribution in [0.2, 0.25) is 0 Å². The number of rotatable bonds is 4. The highest BCUT2D eigenvalue weighted by Crippen LogP contribution is 2.26. The lowest BCUT2D eigenvalue weighted by Crippen LogP contribution is -2.27. The molecule has 0 amide bonds. The van der Waals surface area contributed by atoms with Crippen LogP contribution in [-0.2, 0) is 10.2 Å². The average Bonchev–Trinajstić information content (AvgIpc) is 2.28. The monoisotopic (exact) mass is 249 g/mol. The molecule has 3 heteroatoms. The summed E-state index contributed by atoms with van der Waals surface area (Å²) in [7, 11) is 0. The quantitative estimate of drug-likeness (QED) is 0.861. The maximum Gasteiger partial charge on any atom is 0.308 e. The Morgan fingerprint density at radius 1 is 1.28 bits per heavy atom. The summed E-state index contributed by atoms with van der Waals surface area (Å²) in [6, 6.07) is 7.50. The van der Waals surface area contributed by atoms with E-state index in [2.05, 4.69) is 20.8 Å². The molecule has 18 heavy (non-hydrogen) atoms. The van der Waals surface area contributed by atoms with Crippen LogP contribution in [0.5, 0.6) is 0 Å². The van der Waals surface area contributed by atoms with E-state index in [9.17, 15) is 4.79 Å². The largest absolute Gasteiger partial charge is 0.481 e. The van der Waals surface area contributed by atoms with E-state index in [4.69, 9.17) is 10.8 Å². The van der Waals surface area contributed by atoms with Crippen molar-refractivity contribution in [2.24, 2.45) is 11.7 Å². The zero-order valence-corrected chi connectivity index (χ0v) is 11.6. The van der Waals surface area contributed by atoms with Crippen LogP contribution in [-0.4, -0.2) is 11.1 Å². The molecule has 2 atom stereocenters. The molecule has 0 heterocycles. The summed E-state index contributed by atoms with van der Waals surface area (Å²) in [6.07, 6.45) is 0.539. The molecule has 3 N–H and O–H groups in total.